The van der Waals surface area contributed by atoms with Gasteiger partial charge in [-0.3, -0.25) is 9.59 Å². The quantitative estimate of drug-likeness (QED) is 0.579. The highest BCUT2D eigenvalue weighted by Crippen LogP contribution is 2.26. The van der Waals surface area contributed by atoms with Crippen LogP contribution in [0.4, 0.5) is 5.69 Å². The zero-order valence-corrected chi connectivity index (χ0v) is 16.3. The molecule has 2 aromatic carbocycles. The van der Waals surface area contributed by atoms with Gasteiger partial charge in [-0.05, 0) is 30.7 Å². The Bertz CT molecular complexity index is 1050. The highest BCUT2D eigenvalue weighted by molar-refractivity contribution is 6.36. The lowest BCUT2D eigenvalue weighted by molar-refractivity contribution is 0.102. The number of fused-ring (bicyclic) bond motifs is 1. The van der Waals surface area contributed by atoms with Crippen molar-refractivity contribution in [2.24, 2.45) is 0 Å². The zero-order valence-electron chi connectivity index (χ0n) is 14.8. The highest BCUT2D eigenvalue weighted by atomic mass is 35.5. The van der Waals surface area contributed by atoms with Crippen LogP contribution < -0.4 is 10.9 Å². The number of nitrogens with zero attached hydrogens (tertiary/aromatic N) is 2. The minimum absolute atomic E-state index is 0.188. The first-order valence-corrected chi connectivity index (χ1v) is 9.53. The summed E-state index contributed by atoms with van der Waals surface area (Å²) in [5, 5.41) is 8.88. The number of rotatable bonds is 6. The lowest BCUT2D eigenvalue weighted by Gasteiger charge is -2.12. The molecule has 0 bridgehead atoms. The van der Waals surface area contributed by atoms with Crippen molar-refractivity contribution in [1.29, 1.82) is 0 Å². The van der Waals surface area contributed by atoms with E-state index in [2.05, 4.69) is 17.3 Å². The minimum atomic E-state index is -0.431. The Labute approximate surface area is 166 Å². The number of aryl methyl sites for hydroxylation is 1. The Hall–Kier alpha value is -2.37. The predicted octanol–water partition coefficient (Wildman–Crippen LogP) is 5.15. The summed E-state index contributed by atoms with van der Waals surface area (Å²) < 4.78 is 1.37. The molecule has 0 spiro atoms. The fourth-order valence-corrected chi connectivity index (χ4v) is 3.29. The number of carbonyl (C=O) groups is 1. The number of benzene rings is 2. The molecule has 0 aliphatic carbocycles. The number of halogens is 2. The molecule has 0 aliphatic heterocycles. The van der Waals surface area contributed by atoms with Gasteiger partial charge in [0.25, 0.3) is 11.5 Å². The summed E-state index contributed by atoms with van der Waals surface area (Å²) in [6.45, 7) is 2.56. The number of anilines is 1. The first-order valence-electron chi connectivity index (χ1n) is 8.77. The van der Waals surface area contributed by atoms with Crippen LogP contribution in [0.15, 0.2) is 47.3 Å². The van der Waals surface area contributed by atoms with Gasteiger partial charge >= 0.3 is 0 Å². The van der Waals surface area contributed by atoms with Crippen LogP contribution in [0.1, 0.15) is 36.7 Å². The summed E-state index contributed by atoms with van der Waals surface area (Å²) in [5.74, 6) is -0.431. The van der Waals surface area contributed by atoms with Gasteiger partial charge < -0.3 is 5.32 Å². The van der Waals surface area contributed by atoms with Crippen molar-refractivity contribution < 1.29 is 4.79 Å². The van der Waals surface area contributed by atoms with Crippen LogP contribution in [-0.4, -0.2) is 15.7 Å². The van der Waals surface area contributed by atoms with E-state index in [1.165, 1.54) is 4.68 Å². The summed E-state index contributed by atoms with van der Waals surface area (Å²) in [4.78, 5) is 25.6. The van der Waals surface area contributed by atoms with Gasteiger partial charge in [-0.25, -0.2) is 4.68 Å². The Morgan fingerprint density at radius 2 is 1.85 bits per heavy atom. The molecule has 1 heterocycles. The number of amides is 1. The molecule has 3 aromatic rings. The standard InChI is InChI=1S/C20H19Cl2N3O2/c1-2-3-6-11-25-20(27)15-8-5-4-7-14(15)18(24-25)19(26)23-17-10-9-13(21)12-16(17)22/h4-5,7-10,12H,2-3,6,11H2,1H3,(H,23,26). The van der Waals surface area contributed by atoms with Crippen LogP contribution in [0.5, 0.6) is 0 Å². The van der Waals surface area contributed by atoms with E-state index in [0.29, 0.717) is 33.0 Å². The van der Waals surface area contributed by atoms with Gasteiger partial charge in [0.05, 0.1) is 16.1 Å². The summed E-state index contributed by atoms with van der Waals surface area (Å²) in [6, 6.07) is 11.8. The SMILES string of the molecule is CCCCCn1nc(C(=O)Nc2ccc(Cl)cc2Cl)c2ccccc2c1=O. The van der Waals surface area contributed by atoms with E-state index >= 15 is 0 Å². The second-order valence-electron chi connectivity index (χ2n) is 6.21. The van der Waals surface area contributed by atoms with Gasteiger partial charge in [-0.2, -0.15) is 5.10 Å². The molecule has 0 saturated heterocycles. The third kappa shape index (κ3) is 4.31. The number of hydrogen-bond acceptors (Lipinski definition) is 3. The lowest BCUT2D eigenvalue weighted by atomic mass is 10.1. The maximum absolute atomic E-state index is 12.9. The molecule has 0 saturated carbocycles. The van der Waals surface area contributed by atoms with E-state index in [4.69, 9.17) is 23.2 Å². The Kier molecular flexibility index (Phi) is 6.14. The summed E-state index contributed by atoms with van der Waals surface area (Å²) >= 11 is 12.0. The molecular formula is C20H19Cl2N3O2. The monoisotopic (exact) mass is 403 g/mol. The number of nitrogens with one attached hydrogen (secondary N) is 1. The fraction of sp³-hybridized carbons (Fsp3) is 0.250. The Morgan fingerprint density at radius 1 is 1.11 bits per heavy atom. The molecule has 3 rings (SSSR count). The van der Waals surface area contributed by atoms with Crippen molar-refractivity contribution in [3.05, 3.63) is 68.6 Å². The molecule has 27 heavy (non-hydrogen) atoms. The fourth-order valence-electron chi connectivity index (χ4n) is 2.84. The maximum Gasteiger partial charge on any atom is 0.276 e. The van der Waals surface area contributed by atoms with Crippen molar-refractivity contribution in [2.75, 3.05) is 5.32 Å². The van der Waals surface area contributed by atoms with E-state index in [1.807, 2.05) is 0 Å². The second kappa shape index (κ2) is 8.55. The molecular weight excluding hydrogens is 385 g/mol. The Morgan fingerprint density at radius 3 is 2.56 bits per heavy atom. The van der Waals surface area contributed by atoms with Crippen molar-refractivity contribution in [3.63, 3.8) is 0 Å². The van der Waals surface area contributed by atoms with E-state index in [9.17, 15) is 9.59 Å². The minimum Gasteiger partial charge on any atom is -0.319 e. The van der Waals surface area contributed by atoms with Crippen molar-refractivity contribution in [3.8, 4) is 0 Å². The van der Waals surface area contributed by atoms with Gasteiger partial charge in [0, 0.05) is 17.0 Å². The van der Waals surface area contributed by atoms with Gasteiger partial charge in [0.15, 0.2) is 5.69 Å². The third-order valence-electron chi connectivity index (χ3n) is 4.24. The maximum atomic E-state index is 12.9. The van der Waals surface area contributed by atoms with Crippen LogP contribution in [0, 0.1) is 0 Å². The molecule has 5 nitrogen and oxygen atoms in total. The largest absolute Gasteiger partial charge is 0.319 e. The van der Waals surface area contributed by atoms with Crippen LogP contribution in [-0.2, 0) is 6.54 Å². The topological polar surface area (TPSA) is 64.0 Å². The molecule has 0 unspecified atom stereocenters. The number of aromatic nitrogens is 2. The van der Waals surface area contributed by atoms with Crippen LogP contribution in [0.25, 0.3) is 10.8 Å². The van der Waals surface area contributed by atoms with Gasteiger partial charge in [-0.15, -0.1) is 0 Å². The Balaban J connectivity index is 2.02. The first-order chi connectivity index (χ1) is 13.0. The smallest absolute Gasteiger partial charge is 0.276 e. The second-order valence-corrected chi connectivity index (χ2v) is 7.05. The lowest BCUT2D eigenvalue weighted by Crippen LogP contribution is -2.27. The van der Waals surface area contributed by atoms with E-state index in [0.717, 1.165) is 19.3 Å². The number of carbonyl (C=O) groups excluding carboxylic acids is 1. The predicted molar refractivity (Wildman–Crippen MR) is 110 cm³/mol. The first kappa shape index (κ1) is 19.4. The van der Waals surface area contributed by atoms with Crippen LogP contribution in [0.2, 0.25) is 10.0 Å². The molecule has 1 N–H and O–H groups in total. The van der Waals surface area contributed by atoms with E-state index < -0.39 is 5.91 Å². The number of unbranched alkanes of at least 4 members (excludes halogenated alkanes) is 2. The highest BCUT2D eigenvalue weighted by Gasteiger charge is 2.17. The van der Waals surface area contributed by atoms with Crippen molar-refractivity contribution in [2.45, 2.75) is 32.7 Å². The summed E-state index contributed by atoms with van der Waals surface area (Å²) in [7, 11) is 0. The van der Waals surface area contributed by atoms with Gasteiger partial charge in [0.1, 0.15) is 0 Å². The van der Waals surface area contributed by atoms with E-state index in [1.54, 1.807) is 42.5 Å². The molecule has 0 radical (unpaired) electrons. The zero-order chi connectivity index (χ0) is 19.4. The molecule has 1 amide bonds. The average Bonchev–Trinajstić information content (AvgIpc) is 2.66. The normalized spacial score (nSPS) is 10.9. The van der Waals surface area contributed by atoms with Gasteiger partial charge in [0.2, 0.25) is 0 Å². The van der Waals surface area contributed by atoms with Crippen molar-refractivity contribution in [1.82, 2.24) is 9.78 Å². The van der Waals surface area contributed by atoms with E-state index in [-0.39, 0.29) is 11.3 Å². The molecule has 0 fully saturated rings. The average molecular weight is 404 g/mol. The van der Waals surface area contributed by atoms with Gasteiger partial charge in [-0.1, -0.05) is 61.2 Å². The van der Waals surface area contributed by atoms with Crippen molar-refractivity contribution >= 4 is 45.6 Å². The third-order valence-corrected chi connectivity index (χ3v) is 4.78. The van der Waals surface area contributed by atoms with Crippen LogP contribution >= 0.6 is 23.2 Å². The molecule has 0 atom stereocenters. The van der Waals surface area contributed by atoms with Crippen LogP contribution in [0.3, 0.4) is 0 Å². The molecule has 1 aromatic heterocycles. The molecule has 7 heteroatoms. The summed E-state index contributed by atoms with van der Waals surface area (Å²) in [5.41, 5.74) is 0.427. The summed E-state index contributed by atoms with van der Waals surface area (Å²) in [6.07, 6.45) is 2.85. The molecule has 0 aliphatic rings. The molecule has 140 valence electrons. The number of hydrogen-bond donors (Lipinski definition) is 1.